The molecule has 1 unspecified atom stereocenters. The van der Waals surface area contributed by atoms with Crippen LogP contribution in [0.2, 0.25) is 0 Å². The Hall–Kier alpha value is -1.75. The number of benzene rings is 1. The Kier molecular flexibility index (Phi) is 2.86. The minimum atomic E-state index is 0.0824. The number of methoxy groups -OCH3 is 2. The first-order valence-corrected chi connectivity index (χ1v) is 6.49. The fourth-order valence-electron chi connectivity index (χ4n) is 2.79. The quantitative estimate of drug-likeness (QED) is 0.917. The van der Waals surface area contributed by atoms with Crippen molar-refractivity contribution < 1.29 is 9.47 Å². The normalized spacial score (nSPS) is 16.8. The van der Waals surface area contributed by atoms with Crippen LogP contribution in [0.25, 0.3) is 10.9 Å². The zero-order valence-electron chi connectivity index (χ0n) is 11.5. The van der Waals surface area contributed by atoms with Crippen LogP contribution < -0.4 is 10.5 Å². The molecule has 1 aliphatic rings. The summed E-state index contributed by atoms with van der Waals surface area (Å²) in [6.45, 7) is 0. The van der Waals surface area contributed by atoms with Gasteiger partial charge in [-0.1, -0.05) is 6.07 Å². The molecular formula is C14H19N3O2. The van der Waals surface area contributed by atoms with Crippen molar-refractivity contribution in [1.29, 1.82) is 0 Å². The van der Waals surface area contributed by atoms with Crippen molar-refractivity contribution in [3.63, 3.8) is 0 Å². The maximum absolute atomic E-state index is 6.00. The van der Waals surface area contributed by atoms with Gasteiger partial charge in [0.25, 0.3) is 0 Å². The van der Waals surface area contributed by atoms with Crippen molar-refractivity contribution >= 4 is 16.7 Å². The van der Waals surface area contributed by atoms with Crippen LogP contribution in [0.4, 0.5) is 5.82 Å². The summed E-state index contributed by atoms with van der Waals surface area (Å²) in [5.74, 6) is 1.89. The number of aromatic nitrogens is 2. The second-order valence-corrected chi connectivity index (χ2v) is 5.08. The standard InChI is InChI=1S/C14H19N3O2/c1-17-10-7-6-9(12(18-2)8-4-5-8)13(19-3)11(10)14(15)16-17/h6-8,12H,4-5H2,1-3H3,(H2,15,16). The number of fused-ring (bicyclic) bond motifs is 1. The highest BCUT2D eigenvalue weighted by Gasteiger charge is 2.35. The third kappa shape index (κ3) is 1.85. The van der Waals surface area contributed by atoms with E-state index in [1.54, 1.807) is 18.9 Å². The molecule has 102 valence electrons. The first kappa shape index (κ1) is 12.3. The lowest BCUT2D eigenvalue weighted by molar-refractivity contribution is 0.0825. The molecule has 0 aliphatic heterocycles. The molecule has 1 saturated carbocycles. The number of ether oxygens (including phenoxy) is 2. The molecule has 0 amide bonds. The molecule has 1 fully saturated rings. The van der Waals surface area contributed by atoms with E-state index >= 15 is 0 Å². The maximum Gasteiger partial charge on any atom is 0.157 e. The van der Waals surface area contributed by atoms with Gasteiger partial charge in [-0.05, 0) is 24.8 Å². The third-order valence-electron chi connectivity index (χ3n) is 3.84. The van der Waals surface area contributed by atoms with Crippen molar-refractivity contribution in [2.24, 2.45) is 13.0 Å². The van der Waals surface area contributed by atoms with Gasteiger partial charge in [-0.15, -0.1) is 0 Å². The van der Waals surface area contributed by atoms with Crippen molar-refractivity contribution in [2.45, 2.75) is 18.9 Å². The summed E-state index contributed by atoms with van der Waals surface area (Å²) in [6, 6.07) is 4.10. The third-order valence-corrected chi connectivity index (χ3v) is 3.84. The average Bonchev–Trinajstić information content (AvgIpc) is 3.18. The zero-order valence-corrected chi connectivity index (χ0v) is 11.5. The Morgan fingerprint density at radius 2 is 2.11 bits per heavy atom. The molecule has 1 aromatic carbocycles. The molecule has 5 nitrogen and oxygen atoms in total. The summed E-state index contributed by atoms with van der Waals surface area (Å²) in [5.41, 5.74) is 8.05. The molecule has 0 saturated heterocycles. The van der Waals surface area contributed by atoms with Crippen LogP contribution in [0.1, 0.15) is 24.5 Å². The van der Waals surface area contributed by atoms with E-state index in [1.807, 2.05) is 13.1 Å². The molecule has 1 aliphatic carbocycles. The van der Waals surface area contributed by atoms with Crippen molar-refractivity contribution in [3.05, 3.63) is 17.7 Å². The highest BCUT2D eigenvalue weighted by Crippen LogP contribution is 2.47. The number of aryl methyl sites for hydroxylation is 1. The number of hydrogen-bond acceptors (Lipinski definition) is 4. The Morgan fingerprint density at radius 1 is 1.37 bits per heavy atom. The molecule has 1 heterocycles. The van der Waals surface area contributed by atoms with Crippen LogP contribution in [0.5, 0.6) is 5.75 Å². The molecule has 19 heavy (non-hydrogen) atoms. The van der Waals surface area contributed by atoms with E-state index in [-0.39, 0.29) is 6.10 Å². The summed E-state index contributed by atoms with van der Waals surface area (Å²) >= 11 is 0. The summed E-state index contributed by atoms with van der Waals surface area (Å²) in [5, 5.41) is 5.14. The molecule has 2 N–H and O–H groups in total. The Morgan fingerprint density at radius 3 is 2.68 bits per heavy atom. The van der Waals surface area contributed by atoms with E-state index in [0.29, 0.717) is 11.7 Å². The summed E-state index contributed by atoms with van der Waals surface area (Å²) in [6.07, 6.45) is 2.50. The van der Waals surface area contributed by atoms with E-state index < -0.39 is 0 Å². The highest BCUT2D eigenvalue weighted by atomic mass is 16.5. The molecule has 1 atom stereocenters. The molecular weight excluding hydrogens is 242 g/mol. The second kappa shape index (κ2) is 4.42. The number of hydrogen-bond donors (Lipinski definition) is 1. The zero-order chi connectivity index (χ0) is 13.6. The molecule has 1 aromatic heterocycles. The van der Waals surface area contributed by atoms with Gasteiger partial charge in [0, 0.05) is 19.7 Å². The lowest BCUT2D eigenvalue weighted by atomic mass is 10.0. The van der Waals surface area contributed by atoms with E-state index in [9.17, 15) is 0 Å². The van der Waals surface area contributed by atoms with Gasteiger partial charge < -0.3 is 15.2 Å². The van der Waals surface area contributed by atoms with Gasteiger partial charge in [0.1, 0.15) is 5.75 Å². The monoisotopic (exact) mass is 261 g/mol. The van der Waals surface area contributed by atoms with Gasteiger partial charge in [-0.25, -0.2) is 0 Å². The Bertz CT molecular complexity index is 617. The minimum Gasteiger partial charge on any atom is -0.496 e. The summed E-state index contributed by atoms with van der Waals surface area (Å²) < 4.78 is 13.0. The van der Waals surface area contributed by atoms with Crippen LogP contribution >= 0.6 is 0 Å². The van der Waals surface area contributed by atoms with Crippen molar-refractivity contribution in [2.75, 3.05) is 20.0 Å². The van der Waals surface area contributed by atoms with E-state index in [2.05, 4.69) is 11.2 Å². The fourth-order valence-corrected chi connectivity index (χ4v) is 2.79. The van der Waals surface area contributed by atoms with Crippen LogP contribution in [0.3, 0.4) is 0 Å². The molecule has 0 spiro atoms. The van der Waals surface area contributed by atoms with Gasteiger partial charge in [0.15, 0.2) is 5.82 Å². The summed E-state index contributed by atoms with van der Waals surface area (Å²) in [7, 11) is 5.30. The highest BCUT2D eigenvalue weighted by molar-refractivity contribution is 5.95. The lowest BCUT2D eigenvalue weighted by Crippen LogP contribution is -2.06. The van der Waals surface area contributed by atoms with Gasteiger partial charge >= 0.3 is 0 Å². The number of rotatable bonds is 4. The van der Waals surface area contributed by atoms with Gasteiger partial charge in [0.2, 0.25) is 0 Å². The van der Waals surface area contributed by atoms with E-state index in [0.717, 1.165) is 22.2 Å². The number of nitrogens with zero attached hydrogens (tertiary/aromatic N) is 2. The molecule has 5 heteroatoms. The van der Waals surface area contributed by atoms with Crippen molar-refractivity contribution in [1.82, 2.24) is 9.78 Å². The lowest BCUT2D eigenvalue weighted by Gasteiger charge is -2.18. The summed E-state index contributed by atoms with van der Waals surface area (Å²) in [4.78, 5) is 0. The van der Waals surface area contributed by atoms with Gasteiger partial charge in [0.05, 0.1) is 24.1 Å². The molecule has 0 radical (unpaired) electrons. The van der Waals surface area contributed by atoms with Crippen LogP contribution in [-0.2, 0) is 11.8 Å². The Balaban J connectivity index is 2.22. The van der Waals surface area contributed by atoms with Gasteiger partial charge in [-0.2, -0.15) is 5.10 Å². The average molecular weight is 261 g/mol. The first-order chi connectivity index (χ1) is 9.17. The maximum atomic E-state index is 6.00. The first-order valence-electron chi connectivity index (χ1n) is 6.49. The van der Waals surface area contributed by atoms with E-state index in [1.165, 1.54) is 12.8 Å². The van der Waals surface area contributed by atoms with Crippen LogP contribution in [-0.4, -0.2) is 24.0 Å². The van der Waals surface area contributed by atoms with Crippen molar-refractivity contribution in [3.8, 4) is 5.75 Å². The minimum absolute atomic E-state index is 0.0824. The second-order valence-electron chi connectivity index (χ2n) is 5.08. The SMILES string of the molecule is COc1c(C(OC)C2CC2)ccc2c1c(N)nn2C. The predicted octanol–water partition coefficient (Wildman–Crippen LogP) is 2.26. The van der Waals surface area contributed by atoms with Gasteiger partial charge in [-0.3, -0.25) is 4.68 Å². The Labute approximate surface area is 112 Å². The number of nitrogens with two attached hydrogens (primary N) is 1. The predicted molar refractivity (Wildman–Crippen MR) is 74.2 cm³/mol. The largest absolute Gasteiger partial charge is 0.496 e. The smallest absolute Gasteiger partial charge is 0.157 e. The topological polar surface area (TPSA) is 62.3 Å². The molecule has 0 bridgehead atoms. The van der Waals surface area contributed by atoms with Crippen LogP contribution in [0, 0.1) is 5.92 Å². The fraction of sp³-hybridized carbons (Fsp3) is 0.500. The number of nitrogen functional groups attached to an aromatic ring is 1. The number of anilines is 1. The van der Waals surface area contributed by atoms with Crippen LogP contribution in [0.15, 0.2) is 12.1 Å². The molecule has 2 aromatic rings. The molecule has 3 rings (SSSR count). The van der Waals surface area contributed by atoms with E-state index in [4.69, 9.17) is 15.2 Å².